The average molecular weight is 423 g/mol. The number of anilines is 2. The zero-order chi connectivity index (χ0) is 21.9. The van der Waals surface area contributed by atoms with Crippen molar-refractivity contribution in [3.05, 3.63) is 77.9 Å². The molecule has 2 amide bonds. The fourth-order valence-electron chi connectivity index (χ4n) is 3.03. The van der Waals surface area contributed by atoms with Gasteiger partial charge in [-0.1, -0.05) is 36.4 Å². The molecule has 0 aliphatic heterocycles. The van der Waals surface area contributed by atoms with E-state index in [1.54, 1.807) is 67.6 Å². The van der Waals surface area contributed by atoms with Gasteiger partial charge in [0, 0.05) is 29.4 Å². The zero-order valence-electron chi connectivity index (χ0n) is 16.5. The van der Waals surface area contributed by atoms with E-state index in [0.29, 0.717) is 28.1 Å². The van der Waals surface area contributed by atoms with Gasteiger partial charge in [0.1, 0.15) is 0 Å². The van der Waals surface area contributed by atoms with Crippen LogP contribution in [0.5, 0.6) is 0 Å². The number of hydrogen-bond donors (Lipinski definition) is 3. The van der Waals surface area contributed by atoms with Crippen molar-refractivity contribution in [2.24, 2.45) is 5.14 Å². The van der Waals surface area contributed by atoms with Crippen LogP contribution in [0.25, 0.3) is 11.1 Å². The number of benzene rings is 3. The van der Waals surface area contributed by atoms with Gasteiger partial charge >= 0.3 is 0 Å². The second-order valence-electron chi connectivity index (χ2n) is 6.78. The molecule has 0 fully saturated rings. The van der Waals surface area contributed by atoms with Crippen molar-refractivity contribution in [1.29, 1.82) is 0 Å². The van der Waals surface area contributed by atoms with E-state index in [0.717, 1.165) is 5.56 Å². The molecule has 3 aromatic carbocycles. The van der Waals surface area contributed by atoms with Crippen LogP contribution in [0.3, 0.4) is 0 Å². The number of carbonyl (C=O) groups is 2. The molecule has 0 heterocycles. The molecule has 0 aromatic heterocycles. The molecule has 8 heteroatoms. The molecule has 3 rings (SSSR count). The largest absolute Gasteiger partial charge is 0.326 e. The van der Waals surface area contributed by atoms with Crippen LogP contribution in [0.4, 0.5) is 11.4 Å². The van der Waals surface area contributed by atoms with E-state index in [2.05, 4.69) is 10.6 Å². The van der Waals surface area contributed by atoms with Gasteiger partial charge in [0.25, 0.3) is 5.91 Å². The lowest BCUT2D eigenvalue weighted by atomic mass is 10.0. The van der Waals surface area contributed by atoms with Crippen LogP contribution in [0.1, 0.15) is 22.8 Å². The summed E-state index contributed by atoms with van der Waals surface area (Å²) in [5, 5.41) is 10.8. The van der Waals surface area contributed by atoms with Gasteiger partial charge in [-0.15, -0.1) is 0 Å². The predicted molar refractivity (Wildman–Crippen MR) is 117 cm³/mol. The van der Waals surface area contributed by atoms with Crippen LogP contribution >= 0.6 is 0 Å². The van der Waals surface area contributed by atoms with Crippen molar-refractivity contribution in [1.82, 2.24) is 0 Å². The lowest BCUT2D eigenvalue weighted by Crippen LogP contribution is -2.15. The fraction of sp³-hybridized carbons (Fsp3) is 0.0909. The van der Waals surface area contributed by atoms with E-state index in [1.807, 2.05) is 0 Å². The third-order valence-electron chi connectivity index (χ3n) is 4.45. The van der Waals surface area contributed by atoms with E-state index in [-0.39, 0.29) is 16.7 Å². The minimum absolute atomic E-state index is 0.0344. The van der Waals surface area contributed by atoms with Crippen molar-refractivity contribution < 1.29 is 18.0 Å². The summed E-state index contributed by atoms with van der Waals surface area (Å²) in [7, 11) is -3.86. The highest BCUT2D eigenvalue weighted by atomic mass is 32.2. The Morgan fingerprint density at radius 1 is 0.867 bits per heavy atom. The van der Waals surface area contributed by atoms with Gasteiger partial charge in [-0.2, -0.15) is 0 Å². The Kier molecular flexibility index (Phi) is 6.00. The summed E-state index contributed by atoms with van der Waals surface area (Å²) < 4.78 is 23.6. The highest BCUT2D eigenvalue weighted by Gasteiger charge is 2.15. The third-order valence-corrected chi connectivity index (χ3v) is 5.42. The maximum absolute atomic E-state index is 12.7. The highest BCUT2D eigenvalue weighted by Crippen LogP contribution is 2.28. The van der Waals surface area contributed by atoms with Gasteiger partial charge in [0.05, 0.1) is 4.90 Å². The third kappa shape index (κ3) is 4.91. The molecule has 30 heavy (non-hydrogen) atoms. The first-order chi connectivity index (χ1) is 14.1. The standard InChI is InChI=1S/C22H21N3O4S/c1-14-7-10-18(24-15(2)26)13-20(14)22(27)25-17-11-8-16(9-12-17)19-5-3-4-6-21(19)30(23,28)29/h3-13H,1-2H3,(H,24,26)(H,25,27)(H2,23,28,29). The Bertz CT molecular complexity index is 1220. The number of rotatable bonds is 5. The number of primary sulfonamides is 1. The Morgan fingerprint density at radius 2 is 1.50 bits per heavy atom. The van der Waals surface area contributed by atoms with Crippen LogP contribution in [0, 0.1) is 6.92 Å². The Balaban J connectivity index is 1.84. The number of amides is 2. The maximum atomic E-state index is 12.7. The quantitative estimate of drug-likeness (QED) is 0.582. The van der Waals surface area contributed by atoms with E-state index < -0.39 is 10.0 Å². The summed E-state index contributed by atoms with van der Waals surface area (Å²) in [6.07, 6.45) is 0. The number of nitrogens with one attached hydrogen (secondary N) is 2. The normalized spacial score (nSPS) is 11.0. The fourth-order valence-corrected chi connectivity index (χ4v) is 3.79. The van der Waals surface area contributed by atoms with E-state index in [4.69, 9.17) is 5.14 Å². The first-order valence-corrected chi connectivity index (χ1v) is 10.6. The molecule has 0 bridgehead atoms. The molecule has 0 aliphatic carbocycles. The molecule has 0 aliphatic rings. The van der Waals surface area contributed by atoms with E-state index >= 15 is 0 Å². The SMILES string of the molecule is CC(=O)Nc1ccc(C)c(C(=O)Nc2ccc(-c3ccccc3S(N)(=O)=O)cc2)c1. The average Bonchev–Trinajstić information content (AvgIpc) is 2.69. The smallest absolute Gasteiger partial charge is 0.256 e. The monoisotopic (exact) mass is 423 g/mol. The van der Waals surface area contributed by atoms with Crippen LogP contribution in [-0.4, -0.2) is 20.2 Å². The predicted octanol–water partition coefficient (Wildman–Crippen LogP) is 3.52. The first kappa shape index (κ1) is 21.2. The molecule has 0 radical (unpaired) electrons. The van der Waals surface area contributed by atoms with Crippen LogP contribution in [0.15, 0.2) is 71.6 Å². The second kappa shape index (κ2) is 8.48. The molecule has 154 valence electrons. The van der Waals surface area contributed by atoms with Gasteiger partial charge in [-0.05, 0) is 48.4 Å². The number of sulfonamides is 1. The molecular weight excluding hydrogens is 402 g/mol. The van der Waals surface area contributed by atoms with Crippen LogP contribution in [-0.2, 0) is 14.8 Å². The Labute approximate surface area is 175 Å². The van der Waals surface area contributed by atoms with Crippen LogP contribution < -0.4 is 15.8 Å². The van der Waals surface area contributed by atoms with Crippen LogP contribution in [0.2, 0.25) is 0 Å². The summed E-state index contributed by atoms with van der Waals surface area (Å²) >= 11 is 0. The van der Waals surface area contributed by atoms with Crippen molar-refractivity contribution in [2.45, 2.75) is 18.7 Å². The zero-order valence-corrected chi connectivity index (χ0v) is 17.3. The van der Waals surface area contributed by atoms with Crippen molar-refractivity contribution in [3.63, 3.8) is 0 Å². The lowest BCUT2D eigenvalue weighted by molar-refractivity contribution is -0.114. The minimum Gasteiger partial charge on any atom is -0.326 e. The summed E-state index contributed by atoms with van der Waals surface area (Å²) in [6.45, 7) is 3.20. The summed E-state index contributed by atoms with van der Waals surface area (Å²) in [4.78, 5) is 24.0. The molecular formula is C22H21N3O4S. The second-order valence-corrected chi connectivity index (χ2v) is 8.31. The summed E-state index contributed by atoms with van der Waals surface area (Å²) in [5.41, 5.74) is 3.41. The molecule has 0 atom stereocenters. The highest BCUT2D eigenvalue weighted by molar-refractivity contribution is 7.89. The Hall–Kier alpha value is -3.49. The summed E-state index contributed by atoms with van der Waals surface area (Å²) in [6, 6.07) is 18.3. The van der Waals surface area contributed by atoms with Gasteiger partial charge < -0.3 is 10.6 Å². The molecule has 0 unspecified atom stereocenters. The molecule has 7 nitrogen and oxygen atoms in total. The number of hydrogen-bond acceptors (Lipinski definition) is 4. The Morgan fingerprint density at radius 3 is 2.13 bits per heavy atom. The number of carbonyl (C=O) groups excluding carboxylic acids is 2. The molecule has 0 spiro atoms. The van der Waals surface area contributed by atoms with Crippen molar-refractivity contribution >= 4 is 33.2 Å². The number of nitrogens with two attached hydrogens (primary N) is 1. The summed E-state index contributed by atoms with van der Waals surface area (Å²) in [5.74, 6) is -0.544. The minimum atomic E-state index is -3.86. The van der Waals surface area contributed by atoms with E-state index in [9.17, 15) is 18.0 Å². The molecule has 0 saturated carbocycles. The van der Waals surface area contributed by atoms with Gasteiger partial charge in [0.2, 0.25) is 15.9 Å². The molecule has 3 aromatic rings. The van der Waals surface area contributed by atoms with Crippen molar-refractivity contribution in [3.8, 4) is 11.1 Å². The van der Waals surface area contributed by atoms with Gasteiger partial charge in [0.15, 0.2) is 0 Å². The van der Waals surface area contributed by atoms with Crippen molar-refractivity contribution in [2.75, 3.05) is 10.6 Å². The first-order valence-electron chi connectivity index (χ1n) is 9.07. The molecule has 0 saturated heterocycles. The number of aryl methyl sites for hydroxylation is 1. The van der Waals surface area contributed by atoms with E-state index in [1.165, 1.54) is 13.0 Å². The maximum Gasteiger partial charge on any atom is 0.256 e. The van der Waals surface area contributed by atoms with Gasteiger partial charge in [-0.25, -0.2) is 13.6 Å². The topological polar surface area (TPSA) is 118 Å². The molecule has 4 N–H and O–H groups in total. The van der Waals surface area contributed by atoms with Gasteiger partial charge in [-0.3, -0.25) is 9.59 Å². The lowest BCUT2D eigenvalue weighted by Gasteiger charge is -2.11.